The van der Waals surface area contributed by atoms with Crippen molar-refractivity contribution in [3.8, 4) is 34.3 Å². The van der Waals surface area contributed by atoms with Gasteiger partial charge in [0.1, 0.15) is 17.3 Å². The average molecular weight is 419 g/mol. The number of carbonyl (C=O) groups excluding carboxylic acids is 1. The fourth-order valence-corrected chi connectivity index (χ4v) is 2.77. The largest absolute Gasteiger partial charge is 0.497 e. The molecular weight excluding hydrogens is 401 g/mol. The number of nitrogens with one attached hydrogen (secondary N) is 1. The lowest BCUT2D eigenvalue weighted by molar-refractivity contribution is -0.118. The highest BCUT2D eigenvalue weighted by atomic mass is 19.1. The summed E-state index contributed by atoms with van der Waals surface area (Å²) < 4.78 is 28.7. The molecule has 0 fully saturated rings. The van der Waals surface area contributed by atoms with Crippen LogP contribution in [0.25, 0.3) is 22.8 Å². The summed E-state index contributed by atoms with van der Waals surface area (Å²) in [5.41, 5.74) is 2.11. The molecule has 7 nitrogen and oxygen atoms in total. The monoisotopic (exact) mass is 419 g/mol. The third-order valence-corrected chi connectivity index (χ3v) is 4.37. The Morgan fingerprint density at radius 1 is 0.935 bits per heavy atom. The van der Waals surface area contributed by atoms with Crippen molar-refractivity contribution in [2.45, 2.75) is 0 Å². The summed E-state index contributed by atoms with van der Waals surface area (Å²) in [4.78, 5) is 16.5. The number of aromatic nitrogens is 2. The Kier molecular flexibility index (Phi) is 5.89. The van der Waals surface area contributed by atoms with E-state index in [1.165, 1.54) is 24.3 Å². The lowest BCUT2D eigenvalue weighted by atomic mass is 10.2. The predicted molar refractivity (Wildman–Crippen MR) is 112 cm³/mol. The zero-order valence-corrected chi connectivity index (χ0v) is 16.5. The van der Waals surface area contributed by atoms with Crippen molar-refractivity contribution in [2.75, 3.05) is 19.0 Å². The van der Waals surface area contributed by atoms with Gasteiger partial charge in [-0.1, -0.05) is 5.16 Å². The Morgan fingerprint density at radius 3 is 2.26 bits per heavy atom. The van der Waals surface area contributed by atoms with Gasteiger partial charge in [0.2, 0.25) is 5.82 Å². The molecule has 1 aromatic heterocycles. The zero-order valence-electron chi connectivity index (χ0n) is 16.5. The molecule has 4 rings (SSSR count). The molecule has 0 radical (unpaired) electrons. The van der Waals surface area contributed by atoms with E-state index in [4.69, 9.17) is 14.0 Å². The van der Waals surface area contributed by atoms with Gasteiger partial charge in [-0.05, 0) is 72.8 Å². The van der Waals surface area contributed by atoms with E-state index in [1.54, 1.807) is 31.4 Å². The van der Waals surface area contributed by atoms with E-state index in [9.17, 15) is 9.18 Å². The molecule has 0 atom stereocenters. The van der Waals surface area contributed by atoms with Crippen molar-refractivity contribution >= 4 is 11.6 Å². The molecule has 0 aliphatic carbocycles. The summed E-state index contributed by atoms with van der Waals surface area (Å²) in [7, 11) is 1.60. The molecule has 0 bridgehead atoms. The van der Waals surface area contributed by atoms with Gasteiger partial charge in [-0.3, -0.25) is 4.79 Å². The van der Waals surface area contributed by atoms with Gasteiger partial charge in [0.05, 0.1) is 7.11 Å². The number of anilines is 1. The highest BCUT2D eigenvalue weighted by Crippen LogP contribution is 2.25. The number of ether oxygens (including phenoxy) is 2. The maximum absolute atomic E-state index is 12.9. The van der Waals surface area contributed by atoms with Gasteiger partial charge in [0.15, 0.2) is 6.61 Å². The average Bonchev–Trinajstić information content (AvgIpc) is 3.29. The Balaban J connectivity index is 1.36. The first-order valence-electron chi connectivity index (χ1n) is 9.37. The Bertz CT molecular complexity index is 1160. The van der Waals surface area contributed by atoms with E-state index < -0.39 is 0 Å². The summed E-state index contributed by atoms with van der Waals surface area (Å²) in [5, 5.41) is 6.74. The molecule has 0 spiro atoms. The highest BCUT2D eigenvalue weighted by Gasteiger charge is 2.11. The van der Waals surface area contributed by atoms with Gasteiger partial charge < -0.3 is 19.3 Å². The van der Waals surface area contributed by atoms with Crippen LogP contribution in [0.5, 0.6) is 11.5 Å². The second kappa shape index (κ2) is 9.08. The van der Waals surface area contributed by atoms with Crippen LogP contribution in [0.4, 0.5) is 10.1 Å². The smallest absolute Gasteiger partial charge is 0.262 e. The number of halogens is 1. The Hall–Kier alpha value is -4.20. The van der Waals surface area contributed by atoms with Crippen LogP contribution in [0, 0.1) is 5.82 Å². The standard InChI is InChI=1S/C23H18FN3O4/c1-29-19-10-4-15(5-11-19)22-26-23(31-27-22)16-2-8-18(9-3-16)25-21(28)14-30-20-12-6-17(24)7-13-20/h2-13H,14H2,1H3,(H,25,28). The Morgan fingerprint density at radius 2 is 1.58 bits per heavy atom. The predicted octanol–water partition coefficient (Wildman–Crippen LogP) is 4.57. The normalized spacial score (nSPS) is 10.5. The molecule has 0 saturated carbocycles. The van der Waals surface area contributed by atoms with Gasteiger partial charge in [-0.2, -0.15) is 4.98 Å². The summed E-state index contributed by atoms with van der Waals surface area (Å²) >= 11 is 0. The van der Waals surface area contributed by atoms with Gasteiger partial charge in [0, 0.05) is 16.8 Å². The van der Waals surface area contributed by atoms with Crippen LogP contribution in [0.1, 0.15) is 0 Å². The van der Waals surface area contributed by atoms with Crippen LogP contribution >= 0.6 is 0 Å². The fraction of sp³-hybridized carbons (Fsp3) is 0.0870. The first kappa shape index (κ1) is 20.1. The number of hydrogen-bond acceptors (Lipinski definition) is 6. The SMILES string of the molecule is COc1ccc(-c2noc(-c3ccc(NC(=O)COc4ccc(F)cc4)cc3)n2)cc1. The summed E-state index contributed by atoms with van der Waals surface area (Å²) in [6, 6.07) is 19.8. The number of amides is 1. The molecule has 156 valence electrons. The molecule has 0 aliphatic rings. The summed E-state index contributed by atoms with van der Waals surface area (Å²) in [6.07, 6.45) is 0. The maximum atomic E-state index is 12.9. The van der Waals surface area contributed by atoms with Gasteiger partial charge in [0.25, 0.3) is 11.8 Å². The van der Waals surface area contributed by atoms with Crippen molar-refractivity contribution in [3.63, 3.8) is 0 Å². The van der Waals surface area contributed by atoms with Crippen molar-refractivity contribution in [3.05, 3.63) is 78.6 Å². The number of nitrogens with zero attached hydrogens (tertiary/aromatic N) is 2. The number of hydrogen-bond donors (Lipinski definition) is 1. The third-order valence-electron chi connectivity index (χ3n) is 4.37. The highest BCUT2D eigenvalue weighted by molar-refractivity contribution is 5.92. The molecule has 0 unspecified atom stereocenters. The molecule has 4 aromatic rings. The van der Waals surface area contributed by atoms with E-state index in [0.717, 1.165) is 11.3 Å². The topological polar surface area (TPSA) is 86.5 Å². The van der Waals surface area contributed by atoms with Gasteiger partial charge >= 0.3 is 0 Å². The molecular formula is C23H18FN3O4. The first-order valence-corrected chi connectivity index (χ1v) is 9.37. The van der Waals surface area contributed by atoms with Gasteiger partial charge in [-0.15, -0.1) is 0 Å². The van der Waals surface area contributed by atoms with Crippen molar-refractivity contribution in [1.82, 2.24) is 10.1 Å². The molecule has 3 aromatic carbocycles. The molecule has 0 saturated heterocycles. The van der Waals surface area contributed by atoms with E-state index in [2.05, 4.69) is 15.5 Å². The lowest BCUT2D eigenvalue weighted by Crippen LogP contribution is -2.20. The minimum absolute atomic E-state index is 0.192. The fourth-order valence-electron chi connectivity index (χ4n) is 2.77. The molecule has 0 aliphatic heterocycles. The summed E-state index contributed by atoms with van der Waals surface area (Å²) in [6.45, 7) is -0.192. The lowest BCUT2D eigenvalue weighted by Gasteiger charge is -2.07. The van der Waals surface area contributed by atoms with Crippen LogP contribution in [0.2, 0.25) is 0 Å². The second-order valence-corrected chi connectivity index (χ2v) is 6.52. The Labute approximate surface area is 177 Å². The van der Waals surface area contributed by atoms with E-state index in [0.29, 0.717) is 28.7 Å². The van der Waals surface area contributed by atoms with Crippen LogP contribution in [0.3, 0.4) is 0 Å². The van der Waals surface area contributed by atoms with Crippen LogP contribution in [-0.2, 0) is 4.79 Å². The third kappa shape index (κ3) is 5.05. The van der Waals surface area contributed by atoms with Crippen molar-refractivity contribution in [1.29, 1.82) is 0 Å². The van der Waals surface area contributed by atoms with Crippen LogP contribution in [0.15, 0.2) is 77.3 Å². The number of rotatable bonds is 7. The molecule has 1 heterocycles. The quantitative estimate of drug-likeness (QED) is 0.472. The molecule has 1 amide bonds. The minimum atomic E-state index is -0.366. The molecule has 1 N–H and O–H groups in total. The first-order chi connectivity index (χ1) is 15.1. The van der Waals surface area contributed by atoms with Crippen molar-refractivity contribution in [2.24, 2.45) is 0 Å². The number of benzene rings is 3. The van der Waals surface area contributed by atoms with E-state index >= 15 is 0 Å². The number of carbonyl (C=O) groups is 1. The van der Waals surface area contributed by atoms with Crippen LogP contribution in [-0.4, -0.2) is 29.8 Å². The van der Waals surface area contributed by atoms with Crippen LogP contribution < -0.4 is 14.8 Å². The zero-order chi connectivity index (χ0) is 21.6. The molecule has 8 heteroatoms. The van der Waals surface area contributed by atoms with E-state index in [1.807, 2.05) is 24.3 Å². The van der Waals surface area contributed by atoms with E-state index in [-0.39, 0.29) is 18.3 Å². The van der Waals surface area contributed by atoms with Crippen molar-refractivity contribution < 1.29 is 23.2 Å². The van der Waals surface area contributed by atoms with Gasteiger partial charge in [-0.25, -0.2) is 4.39 Å². The number of methoxy groups -OCH3 is 1. The second-order valence-electron chi connectivity index (χ2n) is 6.52. The molecule has 31 heavy (non-hydrogen) atoms. The summed E-state index contributed by atoms with van der Waals surface area (Å²) in [5.74, 6) is 1.28. The minimum Gasteiger partial charge on any atom is -0.497 e. The maximum Gasteiger partial charge on any atom is 0.262 e.